The van der Waals surface area contributed by atoms with E-state index in [-0.39, 0.29) is 24.6 Å². The van der Waals surface area contributed by atoms with Gasteiger partial charge in [-0.3, -0.25) is 14.4 Å². The summed E-state index contributed by atoms with van der Waals surface area (Å²) in [6.45, 7) is 1.98. The van der Waals surface area contributed by atoms with Crippen molar-refractivity contribution in [3.05, 3.63) is 52.9 Å². The number of benzene rings is 1. The molecule has 0 saturated heterocycles. The maximum absolute atomic E-state index is 13.0. The molecule has 0 unspecified atom stereocenters. The molecule has 1 aliphatic carbocycles. The third-order valence-corrected chi connectivity index (χ3v) is 5.70. The largest absolute Gasteiger partial charge is 0.369 e. The predicted octanol–water partition coefficient (Wildman–Crippen LogP) is 2.40. The van der Waals surface area contributed by atoms with E-state index >= 15 is 0 Å². The van der Waals surface area contributed by atoms with Gasteiger partial charge in [0, 0.05) is 12.6 Å². The first-order valence-corrected chi connectivity index (χ1v) is 10.8. The lowest BCUT2D eigenvalue weighted by atomic mass is 9.84. The summed E-state index contributed by atoms with van der Waals surface area (Å²) in [6.07, 6.45) is 6.31. The Morgan fingerprint density at radius 1 is 1.16 bits per heavy atom. The van der Waals surface area contributed by atoms with Gasteiger partial charge in [0.15, 0.2) is 0 Å². The molecule has 1 aromatic heterocycles. The minimum Gasteiger partial charge on any atom is -0.369 e. The second-order valence-electron chi connectivity index (χ2n) is 8.23. The first-order valence-electron chi connectivity index (χ1n) is 10.8. The Hall–Kier alpha value is -3.16. The Labute approximate surface area is 181 Å². The Balaban J connectivity index is 1.68. The van der Waals surface area contributed by atoms with Gasteiger partial charge in [-0.25, -0.2) is 0 Å². The van der Waals surface area contributed by atoms with Crippen molar-refractivity contribution in [2.24, 2.45) is 11.7 Å². The van der Waals surface area contributed by atoms with Crippen LogP contribution in [-0.2, 0) is 22.6 Å². The Morgan fingerprint density at radius 2 is 1.87 bits per heavy atom. The highest BCUT2D eigenvalue weighted by Crippen LogP contribution is 2.27. The molecule has 31 heavy (non-hydrogen) atoms. The van der Waals surface area contributed by atoms with Crippen molar-refractivity contribution in [2.45, 2.75) is 64.5 Å². The number of hydrogen-bond donors (Lipinski definition) is 3. The maximum atomic E-state index is 13.0. The number of carbonyl (C=O) groups is 3. The molecule has 1 aliphatic rings. The molecule has 166 valence electrons. The number of aromatic nitrogens is 1. The number of nitrogens with one attached hydrogen (secondary N) is 2. The van der Waals surface area contributed by atoms with E-state index in [4.69, 9.17) is 10.3 Å². The van der Waals surface area contributed by atoms with Gasteiger partial charge in [0.25, 0.3) is 5.91 Å². The van der Waals surface area contributed by atoms with Gasteiger partial charge in [-0.1, -0.05) is 61.5 Å². The first-order chi connectivity index (χ1) is 14.9. The number of amides is 3. The van der Waals surface area contributed by atoms with Gasteiger partial charge < -0.3 is 20.9 Å². The fraction of sp³-hybridized carbons (Fsp3) is 0.478. The van der Waals surface area contributed by atoms with Crippen LogP contribution in [0, 0.1) is 12.8 Å². The topological polar surface area (TPSA) is 127 Å². The summed E-state index contributed by atoms with van der Waals surface area (Å²) in [5, 5.41) is 9.47. The second-order valence-corrected chi connectivity index (χ2v) is 8.23. The van der Waals surface area contributed by atoms with Crippen LogP contribution in [0.2, 0.25) is 0 Å². The molecule has 8 heteroatoms. The van der Waals surface area contributed by atoms with Crippen molar-refractivity contribution in [1.29, 1.82) is 0 Å². The van der Waals surface area contributed by atoms with E-state index in [2.05, 4.69) is 15.8 Å². The van der Waals surface area contributed by atoms with Gasteiger partial charge >= 0.3 is 0 Å². The number of aryl methyl sites for hydroxylation is 1. The SMILES string of the molecule is Cc1cc(C(=O)N[C@@H](CC2CCCCC2)C(=O)NCc2ccccc2CC(N)=O)on1. The van der Waals surface area contributed by atoms with Crippen molar-refractivity contribution in [1.82, 2.24) is 15.8 Å². The molecule has 1 aromatic carbocycles. The Kier molecular flexibility index (Phi) is 7.81. The lowest BCUT2D eigenvalue weighted by Crippen LogP contribution is -2.47. The fourth-order valence-electron chi connectivity index (χ4n) is 4.08. The Bertz CT molecular complexity index is 918. The average molecular weight is 427 g/mol. The molecule has 0 bridgehead atoms. The predicted molar refractivity (Wildman–Crippen MR) is 115 cm³/mol. The smallest absolute Gasteiger partial charge is 0.290 e. The van der Waals surface area contributed by atoms with Crippen molar-refractivity contribution in [2.75, 3.05) is 0 Å². The van der Waals surface area contributed by atoms with E-state index in [0.717, 1.165) is 36.8 Å². The molecule has 1 saturated carbocycles. The van der Waals surface area contributed by atoms with Gasteiger partial charge in [-0.05, 0) is 30.4 Å². The number of rotatable bonds is 9. The normalized spacial score (nSPS) is 15.3. The van der Waals surface area contributed by atoms with E-state index in [0.29, 0.717) is 18.0 Å². The van der Waals surface area contributed by atoms with Gasteiger partial charge in [0.2, 0.25) is 17.6 Å². The van der Waals surface area contributed by atoms with Crippen LogP contribution in [0.25, 0.3) is 0 Å². The monoisotopic (exact) mass is 426 g/mol. The molecule has 3 rings (SSSR count). The first kappa shape index (κ1) is 22.5. The van der Waals surface area contributed by atoms with E-state index in [1.807, 2.05) is 24.3 Å². The van der Waals surface area contributed by atoms with Crippen LogP contribution in [0.15, 0.2) is 34.9 Å². The number of nitrogens with two attached hydrogens (primary N) is 1. The lowest BCUT2D eigenvalue weighted by molar-refractivity contribution is -0.123. The van der Waals surface area contributed by atoms with E-state index in [1.165, 1.54) is 6.42 Å². The summed E-state index contributed by atoms with van der Waals surface area (Å²) in [5.41, 5.74) is 7.53. The maximum Gasteiger partial charge on any atom is 0.290 e. The van der Waals surface area contributed by atoms with Crippen LogP contribution >= 0.6 is 0 Å². The summed E-state index contributed by atoms with van der Waals surface area (Å²) in [6, 6.07) is 8.22. The van der Waals surface area contributed by atoms with Crippen LogP contribution in [0.1, 0.15) is 65.9 Å². The third kappa shape index (κ3) is 6.67. The summed E-state index contributed by atoms with van der Waals surface area (Å²) in [4.78, 5) is 36.9. The average Bonchev–Trinajstić information content (AvgIpc) is 3.19. The van der Waals surface area contributed by atoms with Gasteiger partial charge in [0.1, 0.15) is 6.04 Å². The van der Waals surface area contributed by atoms with Crippen molar-refractivity contribution >= 4 is 17.7 Å². The second kappa shape index (κ2) is 10.7. The molecule has 1 atom stereocenters. The lowest BCUT2D eigenvalue weighted by Gasteiger charge is -2.26. The van der Waals surface area contributed by atoms with Crippen LogP contribution in [0.4, 0.5) is 0 Å². The van der Waals surface area contributed by atoms with E-state index in [1.54, 1.807) is 13.0 Å². The number of primary amides is 1. The van der Waals surface area contributed by atoms with Gasteiger partial charge in [-0.2, -0.15) is 0 Å². The number of nitrogens with zero attached hydrogens (tertiary/aromatic N) is 1. The number of hydrogen-bond acceptors (Lipinski definition) is 5. The molecule has 3 amide bonds. The highest BCUT2D eigenvalue weighted by molar-refractivity contribution is 5.95. The van der Waals surface area contributed by atoms with Gasteiger partial charge in [0.05, 0.1) is 12.1 Å². The quantitative estimate of drug-likeness (QED) is 0.567. The van der Waals surface area contributed by atoms with Crippen LogP contribution in [-0.4, -0.2) is 28.9 Å². The molecule has 8 nitrogen and oxygen atoms in total. The van der Waals surface area contributed by atoms with Crippen molar-refractivity contribution in [3.8, 4) is 0 Å². The minimum absolute atomic E-state index is 0.0887. The van der Waals surface area contributed by atoms with E-state index < -0.39 is 17.9 Å². The molecule has 0 radical (unpaired) electrons. The highest BCUT2D eigenvalue weighted by atomic mass is 16.5. The molecule has 1 fully saturated rings. The standard InChI is InChI=1S/C23H30N4O4/c1-15-11-20(31-27-15)23(30)26-19(12-16-7-3-2-4-8-16)22(29)25-14-18-10-6-5-9-17(18)13-21(24)28/h5-6,9-11,16,19H,2-4,7-8,12-14H2,1H3,(H2,24,28)(H,25,29)(H,26,30)/t19-/m0/s1. The third-order valence-electron chi connectivity index (χ3n) is 5.70. The summed E-state index contributed by atoms with van der Waals surface area (Å²) in [7, 11) is 0. The van der Waals surface area contributed by atoms with Crippen molar-refractivity contribution < 1.29 is 18.9 Å². The van der Waals surface area contributed by atoms with Crippen molar-refractivity contribution in [3.63, 3.8) is 0 Å². The molecular formula is C23H30N4O4. The van der Waals surface area contributed by atoms with E-state index in [9.17, 15) is 14.4 Å². The zero-order valence-corrected chi connectivity index (χ0v) is 17.9. The fourth-order valence-corrected chi connectivity index (χ4v) is 4.08. The summed E-state index contributed by atoms with van der Waals surface area (Å²) in [5.74, 6) is -0.660. The highest BCUT2D eigenvalue weighted by Gasteiger charge is 2.27. The zero-order chi connectivity index (χ0) is 22.2. The summed E-state index contributed by atoms with van der Waals surface area (Å²) < 4.78 is 5.04. The number of carbonyl (C=O) groups excluding carboxylic acids is 3. The molecular weight excluding hydrogens is 396 g/mol. The minimum atomic E-state index is -0.677. The molecule has 1 heterocycles. The van der Waals surface area contributed by atoms with Crippen LogP contribution in [0.3, 0.4) is 0 Å². The Morgan fingerprint density at radius 3 is 2.52 bits per heavy atom. The zero-order valence-electron chi connectivity index (χ0n) is 17.9. The van der Waals surface area contributed by atoms with Gasteiger partial charge in [-0.15, -0.1) is 0 Å². The van der Waals surface area contributed by atoms with Crippen LogP contribution in [0.5, 0.6) is 0 Å². The molecule has 0 spiro atoms. The molecule has 0 aliphatic heterocycles. The summed E-state index contributed by atoms with van der Waals surface area (Å²) >= 11 is 0. The van der Waals surface area contributed by atoms with Crippen LogP contribution < -0.4 is 16.4 Å². The molecule has 4 N–H and O–H groups in total. The molecule has 2 aromatic rings.